The summed E-state index contributed by atoms with van der Waals surface area (Å²) in [5.41, 5.74) is 1.55. The van der Waals surface area contributed by atoms with E-state index in [0.717, 1.165) is 15.4 Å². The van der Waals surface area contributed by atoms with Crippen LogP contribution in [-0.2, 0) is 0 Å². The molecule has 0 saturated carbocycles. The number of benzene rings is 1. The van der Waals surface area contributed by atoms with Crippen LogP contribution >= 0.6 is 15.9 Å². The molecule has 1 N–H and O–H groups in total. The molecule has 0 saturated heterocycles. The van der Waals surface area contributed by atoms with Crippen LogP contribution in [0.25, 0.3) is 11.0 Å². The monoisotopic (exact) mass is 254 g/mol. The number of furan rings is 1. The molecule has 0 amide bonds. The van der Waals surface area contributed by atoms with Crippen molar-refractivity contribution in [3.63, 3.8) is 0 Å². The van der Waals surface area contributed by atoms with Gasteiger partial charge in [-0.2, -0.15) is 0 Å². The first kappa shape index (κ1) is 9.27. The van der Waals surface area contributed by atoms with Gasteiger partial charge >= 0.3 is 5.97 Å². The second-order valence-corrected chi connectivity index (χ2v) is 3.97. The van der Waals surface area contributed by atoms with Gasteiger partial charge in [0, 0.05) is 9.86 Å². The molecule has 0 spiro atoms. The highest BCUT2D eigenvalue weighted by Gasteiger charge is 2.12. The molecule has 0 unspecified atom stereocenters. The molecular formula is C10H7BrO3. The molecule has 72 valence electrons. The largest absolute Gasteiger partial charge is 0.475 e. The Kier molecular flexibility index (Phi) is 2.07. The molecule has 0 fully saturated rings. The number of hydrogen-bond acceptors (Lipinski definition) is 2. The summed E-state index contributed by atoms with van der Waals surface area (Å²) >= 11 is 3.34. The lowest BCUT2D eigenvalue weighted by molar-refractivity contribution is 0.0665. The molecule has 14 heavy (non-hydrogen) atoms. The molecule has 0 aliphatic carbocycles. The molecule has 0 atom stereocenters. The maximum atomic E-state index is 10.7. The molecular weight excluding hydrogens is 248 g/mol. The summed E-state index contributed by atoms with van der Waals surface area (Å²) in [6.45, 7) is 1.88. The number of carbonyl (C=O) groups is 1. The molecule has 4 heteroatoms. The van der Waals surface area contributed by atoms with Crippen molar-refractivity contribution in [2.75, 3.05) is 0 Å². The van der Waals surface area contributed by atoms with Gasteiger partial charge in [0.2, 0.25) is 5.76 Å². The molecule has 0 bridgehead atoms. The quantitative estimate of drug-likeness (QED) is 0.851. The summed E-state index contributed by atoms with van der Waals surface area (Å²) in [5.74, 6) is -1.07. The molecule has 2 aromatic rings. The summed E-state index contributed by atoms with van der Waals surface area (Å²) in [7, 11) is 0. The Morgan fingerprint density at radius 1 is 1.43 bits per heavy atom. The minimum atomic E-state index is -1.04. The van der Waals surface area contributed by atoms with Gasteiger partial charge in [-0.3, -0.25) is 0 Å². The van der Waals surface area contributed by atoms with Gasteiger partial charge in [0.15, 0.2) is 0 Å². The lowest BCUT2D eigenvalue weighted by atomic mass is 10.2. The van der Waals surface area contributed by atoms with Crippen molar-refractivity contribution in [2.45, 2.75) is 6.92 Å². The van der Waals surface area contributed by atoms with Crippen molar-refractivity contribution < 1.29 is 14.3 Å². The van der Waals surface area contributed by atoms with Crippen molar-refractivity contribution in [3.8, 4) is 0 Å². The fourth-order valence-electron chi connectivity index (χ4n) is 1.39. The Hall–Kier alpha value is -1.29. The molecule has 1 heterocycles. The normalized spacial score (nSPS) is 10.7. The van der Waals surface area contributed by atoms with E-state index in [2.05, 4.69) is 15.9 Å². The predicted molar refractivity (Wildman–Crippen MR) is 55.6 cm³/mol. The number of aryl methyl sites for hydroxylation is 1. The summed E-state index contributed by atoms with van der Waals surface area (Å²) in [5, 5.41) is 9.54. The van der Waals surface area contributed by atoms with E-state index in [4.69, 9.17) is 9.52 Å². The second-order valence-electron chi connectivity index (χ2n) is 3.06. The van der Waals surface area contributed by atoms with E-state index in [1.165, 1.54) is 6.07 Å². The van der Waals surface area contributed by atoms with Crippen molar-refractivity contribution in [1.82, 2.24) is 0 Å². The molecule has 3 nitrogen and oxygen atoms in total. The smallest absolute Gasteiger partial charge is 0.371 e. The van der Waals surface area contributed by atoms with E-state index >= 15 is 0 Å². The number of carboxylic acids is 1. The lowest BCUT2D eigenvalue weighted by Gasteiger charge is -1.95. The molecule has 1 aromatic carbocycles. The SMILES string of the molecule is Cc1cc(Br)cc2cc(C(=O)O)oc12. The van der Waals surface area contributed by atoms with Gasteiger partial charge in [0.05, 0.1) is 0 Å². The van der Waals surface area contributed by atoms with Crippen LogP contribution in [0.5, 0.6) is 0 Å². The van der Waals surface area contributed by atoms with Gasteiger partial charge in [-0.25, -0.2) is 4.79 Å². The first-order chi connectivity index (χ1) is 6.58. The zero-order valence-electron chi connectivity index (χ0n) is 7.37. The lowest BCUT2D eigenvalue weighted by Crippen LogP contribution is -1.91. The summed E-state index contributed by atoms with van der Waals surface area (Å²) in [6, 6.07) is 5.24. The third kappa shape index (κ3) is 1.42. The Labute approximate surface area is 88.5 Å². The Morgan fingerprint density at radius 2 is 2.14 bits per heavy atom. The van der Waals surface area contributed by atoms with Gasteiger partial charge in [-0.05, 0) is 30.7 Å². The Bertz CT molecular complexity index is 513. The van der Waals surface area contributed by atoms with E-state index < -0.39 is 5.97 Å². The van der Waals surface area contributed by atoms with Gasteiger partial charge in [0.1, 0.15) is 5.58 Å². The van der Waals surface area contributed by atoms with Crippen LogP contribution in [0.4, 0.5) is 0 Å². The van der Waals surface area contributed by atoms with Gasteiger partial charge in [0.25, 0.3) is 0 Å². The van der Waals surface area contributed by atoms with Gasteiger partial charge < -0.3 is 9.52 Å². The maximum absolute atomic E-state index is 10.7. The van der Waals surface area contributed by atoms with Crippen LogP contribution in [0.3, 0.4) is 0 Å². The molecule has 0 aliphatic rings. The first-order valence-electron chi connectivity index (χ1n) is 4.01. The molecule has 0 radical (unpaired) electrons. The van der Waals surface area contributed by atoms with E-state index in [9.17, 15) is 4.79 Å². The van der Waals surface area contributed by atoms with Crippen LogP contribution in [-0.4, -0.2) is 11.1 Å². The van der Waals surface area contributed by atoms with E-state index in [1.54, 1.807) is 0 Å². The number of fused-ring (bicyclic) bond motifs is 1. The van der Waals surface area contributed by atoms with E-state index in [-0.39, 0.29) is 5.76 Å². The number of rotatable bonds is 1. The third-order valence-corrected chi connectivity index (χ3v) is 2.44. The topological polar surface area (TPSA) is 50.4 Å². The van der Waals surface area contributed by atoms with Crippen molar-refractivity contribution in [2.24, 2.45) is 0 Å². The number of carboxylic acid groups (broad SMARTS) is 1. The number of hydrogen-bond donors (Lipinski definition) is 1. The minimum absolute atomic E-state index is 0.0267. The van der Waals surface area contributed by atoms with E-state index in [1.807, 2.05) is 19.1 Å². The summed E-state index contributed by atoms with van der Waals surface area (Å²) in [6.07, 6.45) is 0. The zero-order valence-corrected chi connectivity index (χ0v) is 8.96. The highest BCUT2D eigenvalue weighted by Crippen LogP contribution is 2.26. The predicted octanol–water partition coefficient (Wildman–Crippen LogP) is 3.20. The maximum Gasteiger partial charge on any atom is 0.371 e. The number of halogens is 1. The second kappa shape index (κ2) is 3.13. The summed E-state index contributed by atoms with van der Waals surface area (Å²) < 4.78 is 6.11. The van der Waals surface area contributed by atoms with Crippen molar-refractivity contribution >= 4 is 32.9 Å². The minimum Gasteiger partial charge on any atom is -0.475 e. The zero-order chi connectivity index (χ0) is 10.3. The van der Waals surface area contributed by atoms with Crippen LogP contribution in [0.1, 0.15) is 16.1 Å². The van der Waals surface area contributed by atoms with Crippen LogP contribution in [0, 0.1) is 6.92 Å². The van der Waals surface area contributed by atoms with Crippen LogP contribution < -0.4 is 0 Å². The number of aromatic carboxylic acids is 1. The van der Waals surface area contributed by atoms with Crippen molar-refractivity contribution in [3.05, 3.63) is 34.0 Å². The first-order valence-corrected chi connectivity index (χ1v) is 4.80. The van der Waals surface area contributed by atoms with Crippen LogP contribution in [0.2, 0.25) is 0 Å². The van der Waals surface area contributed by atoms with Crippen LogP contribution in [0.15, 0.2) is 27.1 Å². The standard InChI is InChI=1S/C10H7BrO3/c1-5-2-7(11)3-6-4-8(10(12)13)14-9(5)6/h2-4H,1H3,(H,12,13). The highest BCUT2D eigenvalue weighted by molar-refractivity contribution is 9.10. The Balaban J connectivity index is 2.76. The van der Waals surface area contributed by atoms with E-state index in [0.29, 0.717) is 5.58 Å². The molecule has 1 aromatic heterocycles. The average Bonchev–Trinajstić information content (AvgIpc) is 2.47. The third-order valence-electron chi connectivity index (χ3n) is 1.98. The average molecular weight is 255 g/mol. The summed E-state index contributed by atoms with van der Waals surface area (Å²) in [4.78, 5) is 10.7. The van der Waals surface area contributed by atoms with Crippen molar-refractivity contribution in [1.29, 1.82) is 0 Å². The molecule has 0 aliphatic heterocycles. The fourth-order valence-corrected chi connectivity index (χ4v) is 1.98. The van der Waals surface area contributed by atoms with Gasteiger partial charge in [-0.1, -0.05) is 15.9 Å². The highest BCUT2D eigenvalue weighted by atomic mass is 79.9. The Morgan fingerprint density at radius 3 is 2.79 bits per heavy atom. The molecule has 2 rings (SSSR count). The fraction of sp³-hybridized carbons (Fsp3) is 0.100. The van der Waals surface area contributed by atoms with Gasteiger partial charge in [-0.15, -0.1) is 0 Å².